The summed E-state index contributed by atoms with van der Waals surface area (Å²) in [5, 5.41) is 4.08. The van der Waals surface area contributed by atoms with Gasteiger partial charge in [0.25, 0.3) is 5.91 Å². The van der Waals surface area contributed by atoms with E-state index in [4.69, 9.17) is 14.2 Å². The first-order valence-corrected chi connectivity index (χ1v) is 10.8. The van der Waals surface area contributed by atoms with Crippen LogP contribution in [0.4, 0.5) is 0 Å². The van der Waals surface area contributed by atoms with Gasteiger partial charge in [-0.1, -0.05) is 44.0 Å². The van der Waals surface area contributed by atoms with Crippen LogP contribution in [0.2, 0.25) is 0 Å². The number of carbonyl (C=O) groups is 1. The number of hydrogen-bond acceptors (Lipinski definition) is 5. The van der Waals surface area contributed by atoms with Crippen molar-refractivity contribution in [3.05, 3.63) is 86.3 Å². The molecule has 31 heavy (non-hydrogen) atoms. The second kappa shape index (κ2) is 11.0. The average Bonchev–Trinajstić information content (AvgIpc) is 2.79. The van der Waals surface area contributed by atoms with Gasteiger partial charge in [0.15, 0.2) is 11.5 Å². The molecule has 6 nitrogen and oxygen atoms in total. The Morgan fingerprint density at radius 3 is 2.29 bits per heavy atom. The monoisotopic (exact) mass is 546 g/mol. The standard InChI is InChI=1S/C23H20Br2N2O4/c1-29-21-9-5-16(12-22(21)30-2)23(28)27-26-13-17-11-19(25)8-10-20(17)31-14-15-3-6-18(24)7-4-15/h3-13H,14H2,1-2H3,(H,27,28)/b26-13+. The Labute approximate surface area is 197 Å². The van der Waals surface area contributed by atoms with Crippen molar-refractivity contribution in [1.29, 1.82) is 0 Å². The van der Waals surface area contributed by atoms with Crippen molar-refractivity contribution < 1.29 is 19.0 Å². The predicted octanol–water partition coefficient (Wildman–Crippen LogP) is 5.57. The Morgan fingerprint density at radius 2 is 1.58 bits per heavy atom. The molecule has 0 aliphatic rings. The van der Waals surface area contributed by atoms with Gasteiger partial charge in [0.2, 0.25) is 0 Å². The van der Waals surface area contributed by atoms with Gasteiger partial charge in [-0.15, -0.1) is 0 Å². The lowest BCUT2D eigenvalue weighted by Crippen LogP contribution is -2.17. The molecule has 3 rings (SSSR count). The Bertz CT molecular complexity index is 1090. The first kappa shape index (κ1) is 22.8. The molecule has 0 unspecified atom stereocenters. The summed E-state index contributed by atoms with van der Waals surface area (Å²) >= 11 is 6.87. The molecule has 1 amide bonds. The van der Waals surface area contributed by atoms with Crippen LogP contribution in [0.5, 0.6) is 17.2 Å². The van der Waals surface area contributed by atoms with Crippen LogP contribution in [0.15, 0.2) is 74.7 Å². The molecule has 0 atom stereocenters. The number of ether oxygens (including phenoxy) is 3. The summed E-state index contributed by atoms with van der Waals surface area (Å²) in [6.07, 6.45) is 1.54. The maximum absolute atomic E-state index is 12.4. The van der Waals surface area contributed by atoms with Crippen molar-refractivity contribution in [1.82, 2.24) is 5.43 Å². The van der Waals surface area contributed by atoms with E-state index in [9.17, 15) is 4.79 Å². The quantitative estimate of drug-likeness (QED) is 0.295. The molecule has 0 fully saturated rings. The normalized spacial score (nSPS) is 10.7. The third-order valence-corrected chi connectivity index (χ3v) is 5.32. The molecule has 0 bridgehead atoms. The Morgan fingerprint density at radius 1 is 0.903 bits per heavy atom. The highest BCUT2D eigenvalue weighted by Gasteiger charge is 2.10. The molecule has 8 heteroatoms. The summed E-state index contributed by atoms with van der Waals surface area (Å²) < 4.78 is 18.2. The minimum absolute atomic E-state index is 0.371. The molecule has 160 valence electrons. The highest BCUT2D eigenvalue weighted by Crippen LogP contribution is 2.27. The van der Waals surface area contributed by atoms with Crippen LogP contribution in [-0.4, -0.2) is 26.3 Å². The molecule has 3 aromatic carbocycles. The van der Waals surface area contributed by atoms with Crippen LogP contribution in [-0.2, 0) is 6.61 Å². The molecular weight excluding hydrogens is 528 g/mol. The van der Waals surface area contributed by atoms with Crippen LogP contribution < -0.4 is 19.6 Å². The average molecular weight is 548 g/mol. The van der Waals surface area contributed by atoms with E-state index < -0.39 is 0 Å². The van der Waals surface area contributed by atoms with E-state index in [0.717, 1.165) is 20.1 Å². The number of rotatable bonds is 8. The summed E-state index contributed by atoms with van der Waals surface area (Å²) in [7, 11) is 3.05. The van der Waals surface area contributed by atoms with Crippen LogP contribution in [0.25, 0.3) is 0 Å². The molecule has 0 aliphatic heterocycles. The zero-order valence-electron chi connectivity index (χ0n) is 16.9. The first-order valence-electron chi connectivity index (χ1n) is 9.22. The molecule has 0 radical (unpaired) electrons. The van der Waals surface area contributed by atoms with Crippen molar-refractivity contribution >= 4 is 44.0 Å². The van der Waals surface area contributed by atoms with Gasteiger partial charge >= 0.3 is 0 Å². The van der Waals surface area contributed by atoms with Gasteiger partial charge in [0.05, 0.1) is 20.4 Å². The number of amides is 1. The second-order valence-corrected chi connectivity index (χ2v) is 8.20. The van der Waals surface area contributed by atoms with E-state index in [-0.39, 0.29) is 5.91 Å². The fourth-order valence-corrected chi connectivity index (χ4v) is 3.34. The number of methoxy groups -OCH3 is 2. The number of hydrogen-bond donors (Lipinski definition) is 1. The van der Waals surface area contributed by atoms with Crippen molar-refractivity contribution in [3.8, 4) is 17.2 Å². The van der Waals surface area contributed by atoms with Crippen molar-refractivity contribution in [2.45, 2.75) is 6.61 Å². The first-order chi connectivity index (χ1) is 15.0. The molecular formula is C23H20Br2N2O4. The Hall–Kier alpha value is -2.84. The van der Waals surface area contributed by atoms with Crippen molar-refractivity contribution in [2.24, 2.45) is 5.10 Å². The SMILES string of the molecule is COc1ccc(C(=O)N/N=C/c2cc(Br)ccc2OCc2ccc(Br)cc2)cc1OC. The Balaban J connectivity index is 1.69. The lowest BCUT2D eigenvalue weighted by Gasteiger charge is -2.10. The van der Waals surface area contributed by atoms with Gasteiger partial charge < -0.3 is 14.2 Å². The maximum Gasteiger partial charge on any atom is 0.271 e. The van der Waals surface area contributed by atoms with E-state index in [1.165, 1.54) is 14.2 Å². The summed E-state index contributed by atoms with van der Waals surface area (Å²) in [6.45, 7) is 0.410. The maximum atomic E-state index is 12.4. The molecule has 0 spiro atoms. The highest BCUT2D eigenvalue weighted by atomic mass is 79.9. The number of carbonyl (C=O) groups excluding carboxylic acids is 1. The van der Waals surface area contributed by atoms with Gasteiger partial charge in [-0.25, -0.2) is 5.43 Å². The minimum Gasteiger partial charge on any atom is -0.493 e. The smallest absolute Gasteiger partial charge is 0.271 e. The van der Waals surface area contributed by atoms with Crippen LogP contribution in [0.1, 0.15) is 21.5 Å². The lowest BCUT2D eigenvalue weighted by atomic mass is 10.2. The van der Waals surface area contributed by atoms with Gasteiger partial charge in [0, 0.05) is 20.1 Å². The van der Waals surface area contributed by atoms with Gasteiger partial charge in [-0.2, -0.15) is 5.10 Å². The van der Waals surface area contributed by atoms with Crippen molar-refractivity contribution in [2.75, 3.05) is 14.2 Å². The fourth-order valence-electron chi connectivity index (χ4n) is 2.70. The molecule has 0 aliphatic carbocycles. The molecule has 1 N–H and O–H groups in total. The molecule has 0 saturated carbocycles. The zero-order chi connectivity index (χ0) is 22.2. The summed E-state index contributed by atoms with van der Waals surface area (Å²) in [5.74, 6) is 1.29. The molecule has 0 heterocycles. The number of hydrazone groups is 1. The summed E-state index contributed by atoms with van der Waals surface area (Å²) in [6, 6.07) is 18.4. The topological polar surface area (TPSA) is 69.2 Å². The molecule has 0 saturated heterocycles. The summed E-state index contributed by atoms with van der Waals surface area (Å²) in [5.41, 5.74) is 4.68. The molecule has 3 aromatic rings. The number of nitrogens with one attached hydrogen (secondary N) is 1. The number of nitrogens with zero attached hydrogens (tertiary/aromatic N) is 1. The lowest BCUT2D eigenvalue weighted by molar-refractivity contribution is 0.0954. The predicted molar refractivity (Wildman–Crippen MR) is 127 cm³/mol. The summed E-state index contributed by atoms with van der Waals surface area (Å²) in [4.78, 5) is 12.4. The van der Waals surface area contributed by atoms with Gasteiger partial charge in [-0.3, -0.25) is 4.79 Å². The largest absolute Gasteiger partial charge is 0.493 e. The number of halogens is 2. The van der Waals surface area contributed by atoms with Crippen LogP contribution >= 0.6 is 31.9 Å². The van der Waals surface area contributed by atoms with Crippen molar-refractivity contribution in [3.63, 3.8) is 0 Å². The zero-order valence-corrected chi connectivity index (χ0v) is 20.1. The number of benzene rings is 3. The highest BCUT2D eigenvalue weighted by molar-refractivity contribution is 9.10. The Kier molecular flexibility index (Phi) is 8.08. The van der Waals surface area contributed by atoms with Crippen LogP contribution in [0, 0.1) is 0 Å². The fraction of sp³-hybridized carbons (Fsp3) is 0.130. The second-order valence-electron chi connectivity index (χ2n) is 6.37. The van der Waals surface area contributed by atoms with E-state index in [1.54, 1.807) is 24.4 Å². The van der Waals surface area contributed by atoms with E-state index in [1.807, 2.05) is 42.5 Å². The van der Waals surface area contributed by atoms with Gasteiger partial charge in [-0.05, 0) is 54.1 Å². The third kappa shape index (κ3) is 6.32. The van der Waals surface area contributed by atoms with E-state index >= 15 is 0 Å². The van der Waals surface area contributed by atoms with Crippen LogP contribution in [0.3, 0.4) is 0 Å². The van der Waals surface area contributed by atoms with Gasteiger partial charge in [0.1, 0.15) is 12.4 Å². The van der Waals surface area contributed by atoms with E-state index in [0.29, 0.717) is 29.4 Å². The van der Waals surface area contributed by atoms with E-state index in [2.05, 4.69) is 42.4 Å². The molecule has 0 aromatic heterocycles. The minimum atomic E-state index is -0.371. The third-order valence-electron chi connectivity index (χ3n) is 4.29.